The molecule has 0 aliphatic heterocycles. The molecule has 5 N–H and O–H groups in total. The van der Waals surface area contributed by atoms with Crippen molar-refractivity contribution in [2.24, 2.45) is 11.8 Å². The molecule has 20 heavy (non-hydrogen) atoms. The Labute approximate surface area is 125 Å². The van der Waals surface area contributed by atoms with E-state index in [9.17, 15) is 0 Å². The lowest BCUT2D eigenvalue weighted by Crippen LogP contribution is -2.50. The zero-order valence-corrected chi connectivity index (χ0v) is 12.8. The summed E-state index contributed by atoms with van der Waals surface area (Å²) in [5, 5.41) is 0.546. The molecule has 0 aromatic carbocycles. The number of aromatic nitrogens is 1. The highest BCUT2D eigenvalue weighted by Crippen LogP contribution is 2.43. The van der Waals surface area contributed by atoms with Crippen molar-refractivity contribution in [3.05, 3.63) is 22.8 Å². The second-order valence-corrected chi connectivity index (χ2v) is 6.12. The number of ether oxygens (including phenoxy) is 1. The minimum atomic E-state index is -0.359. The molecule has 1 fully saturated rings. The molecule has 0 spiro atoms. The fraction of sp³-hybridized carbons (Fsp3) is 0.643. The van der Waals surface area contributed by atoms with Crippen LogP contribution >= 0.6 is 11.6 Å². The highest BCUT2D eigenvalue weighted by atomic mass is 35.5. The molecule has 1 aromatic rings. The minimum Gasteiger partial charge on any atom is -0.383 e. The van der Waals surface area contributed by atoms with E-state index >= 15 is 0 Å². The first kappa shape index (κ1) is 15.5. The van der Waals surface area contributed by atoms with Gasteiger partial charge in [-0.05, 0) is 37.7 Å². The van der Waals surface area contributed by atoms with Gasteiger partial charge in [0.1, 0.15) is 5.82 Å². The lowest BCUT2D eigenvalue weighted by Gasteiger charge is -2.44. The zero-order valence-electron chi connectivity index (χ0n) is 12.0. The van der Waals surface area contributed by atoms with Crippen molar-refractivity contribution in [3.63, 3.8) is 0 Å². The van der Waals surface area contributed by atoms with Gasteiger partial charge in [-0.3, -0.25) is 5.84 Å². The smallest absolute Gasteiger partial charge is 0.128 e. The number of hydrogen-bond acceptors (Lipinski definition) is 5. The van der Waals surface area contributed by atoms with Gasteiger partial charge in [0.15, 0.2) is 0 Å². The normalized spacial score (nSPS) is 28.3. The number of nitrogens with zero attached hydrogens (tertiary/aromatic N) is 1. The van der Waals surface area contributed by atoms with E-state index in [0.717, 1.165) is 31.2 Å². The van der Waals surface area contributed by atoms with E-state index in [4.69, 9.17) is 27.9 Å². The van der Waals surface area contributed by atoms with Gasteiger partial charge in [-0.15, -0.1) is 0 Å². The van der Waals surface area contributed by atoms with Crippen LogP contribution in [-0.2, 0) is 4.74 Å². The van der Waals surface area contributed by atoms with Crippen molar-refractivity contribution in [3.8, 4) is 0 Å². The summed E-state index contributed by atoms with van der Waals surface area (Å²) < 4.78 is 5.86. The molecule has 0 amide bonds. The molecular weight excluding hydrogens is 276 g/mol. The van der Waals surface area contributed by atoms with Crippen LogP contribution in [0.4, 0.5) is 5.82 Å². The molecule has 2 rings (SSSR count). The van der Waals surface area contributed by atoms with E-state index in [1.807, 2.05) is 6.07 Å². The van der Waals surface area contributed by atoms with Crippen molar-refractivity contribution in [1.29, 1.82) is 0 Å². The quantitative estimate of drug-likeness (QED) is 0.587. The SMILES string of the molecule is COC1(C(NN)c2cc(Cl)cnc2N)CCC(C)CC1. The number of pyridine rings is 1. The monoisotopic (exact) mass is 298 g/mol. The summed E-state index contributed by atoms with van der Waals surface area (Å²) in [5.41, 5.74) is 9.29. The van der Waals surface area contributed by atoms with Gasteiger partial charge in [0, 0.05) is 18.9 Å². The van der Waals surface area contributed by atoms with Crippen LogP contribution in [0.2, 0.25) is 5.02 Å². The summed E-state index contributed by atoms with van der Waals surface area (Å²) >= 11 is 6.04. The van der Waals surface area contributed by atoms with E-state index in [0.29, 0.717) is 16.8 Å². The van der Waals surface area contributed by atoms with Crippen LogP contribution in [-0.4, -0.2) is 17.7 Å². The Kier molecular flexibility index (Phi) is 4.86. The van der Waals surface area contributed by atoms with E-state index in [-0.39, 0.29) is 11.6 Å². The second kappa shape index (κ2) is 6.26. The maximum atomic E-state index is 6.04. The van der Waals surface area contributed by atoms with Gasteiger partial charge < -0.3 is 10.5 Å². The predicted molar refractivity (Wildman–Crippen MR) is 81.1 cm³/mol. The Morgan fingerprint density at radius 3 is 2.70 bits per heavy atom. The number of nitrogen functional groups attached to an aromatic ring is 1. The Morgan fingerprint density at radius 1 is 1.50 bits per heavy atom. The van der Waals surface area contributed by atoms with Crippen molar-refractivity contribution in [2.45, 2.75) is 44.2 Å². The summed E-state index contributed by atoms with van der Waals surface area (Å²) in [6.07, 6.45) is 5.63. The second-order valence-electron chi connectivity index (χ2n) is 5.68. The van der Waals surface area contributed by atoms with Gasteiger partial charge in [0.05, 0.1) is 16.7 Å². The van der Waals surface area contributed by atoms with Crippen LogP contribution in [0.1, 0.15) is 44.2 Å². The van der Waals surface area contributed by atoms with E-state index in [1.54, 1.807) is 7.11 Å². The summed E-state index contributed by atoms with van der Waals surface area (Å²) in [5.74, 6) is 6.95. The summed E-state index contributed by atoms with van der Waals surface area (Å²) in [4.78, 5) is 4.12. The van der Waals surface area contributed by atoms with E-state index in [1.165, 1.54) is 6.20 Å². The van der Waals surface area contributed by atoms with Crippen LogP contribution in [0.25, 0.3) is 0 Å². The average Bonchev–Trinajstić information content (AvgIpc) is 2.45. The lowest BCUT2D eigenvalue weighted by atomic mass is 9.73. The molecule has 1 heterocycles. The first-order chi connectivity index (χ1) is 9.52. The molecule has 112 valence electrons. The average molecular weight is 299 g/mol. The topological polar surface area (TPSA) is 86.2 Å². The Balaban J connectivity index is 2.36. The third-order valence-corrected chi connectivity index (χ3v) is 4.65. The van der Waals surface area contributed by atoms with Crippen molar-refractivity contribution < 1.29 is 4.74 Å². The molecule has 0 radical (unpaired) electrons. The van der Waals surface area contributed by atoms with Crippen LogP contribution < -0.4 is 17.0 Å². The fourth-order valence-electron chi connectivity index (χ4n) is 3.08. The summed E-state index contributed by atoms with van der Waals surface area (Å²) in [6, 6.07) is 1.60. The molecule has 1 unspecified atom stereocenters. The molecule has 1 aliphatic carbocycles. The van der Waals surface area contributed by atoms with Gasteiger partial charge >= 0.3 is 0 Å². The number of hydrogen-bond donors (Lipinski definition) is 3. The number of hydrazine groups is 1. The van der Waals surface area contributed by atoms with E-state index < -0.39 is 0 Å². The molecular formula is C14H23ClN4O. The van der Waals surface area contributed by atoms with Gasteiger partial charge in [0.25, 0.3) is 0 Å². The van der Waals surface area contributed by atoms with Crippen LogP contribution in [0, 0.1) is 5.92 Å². The van der Waals surface area contributed by atoms with Crippen molar-refractivity contribution >= 4 is 17.4 Å². The van der Waals surface area contributed by atoms with Gasteiger partial charge in [-0.25, -0.2) is 10.4 Å². The number of nitrogens with two attached hydrogens (primary N) is 2. The van der Waals surface area contributed by atoms with Crippen LogP contribution in [0.5, 0.6) is 0 Å². The Morgan fingerprint density at radius 2 is 2.15 bits per heavy atom. The number of methoxy groups -OCH3 is 1. The van der Waals surface area contributed by atoms with Crippen molar-refractivity contribution in [2.75, 3.05) is 12.8 Å². The number of anilines is 1. The summed E-state index contributed by atoms with van der Waals surface area (Å²) in [6.45, 7) is 2.26. The minimum absolute atomic E-state index is 0.216. The molecule has 5 nitrogen and oxygen atoms in total. The molecule has 0 saturated heterocycles. The van der Waals surface area contributed by atoms with Crippen LogP contribution in [0.15, 0.2) is 12.3 Å². The number of rotatable bonds is 4. The molecule has 1 atom stereocenters. The Hall–Kier alpha value is -0.880. The Bertz CT molecular complexity index is 460. The third kappa shape index (κ3) is 2.91. The van der Waals surface area contributed by atoms with Gasteiger partial charge in [0.2, 0.25) is 0 Å². The molecule has 1 saturated carbocycles. The van der Waals surface area contributed by atoms with Gasteiger partial charge in [-0.1, -0.05) is 18.5 Å². The molecule has 6 heteroatoms. The van der Waals surface area contributed by atoms with Gasteiger partial charge in [-0.2, -0.15) is 0 Å². The largest absolute Gasteiger partial charge is 0.383 e. The maximum Gasteiger partial charge on any atom is 0.128 e. The van der Waals surface area contributed by atoms with Crippen molar-refractivity contribution in [1.82, 2.24) is 10.4 Å². The first-order valence-corrected chi connectivity index (χ1v) is 7.32. The zero-order chi connectivity index (χ0) is 14.8. The standard InChI is InChI=1S/C14H23ClN4O/c1-9-3-5-14(20-2,6-4-9)12(19-17)11-7-10(15)8-18-13(11)16/h7-9,12,19H,3-6,17H2,1-2H3,(H2,16,18). The molecule has 1 aliphatic rings. The first-order valence-electron chi connectivity index (χ1n) is 6.94. The van der Waals surface area contributed by atoms with Crippen LogP contribution in [0.3, 0.4) is 0 Å². The summed E-state index contributed by atoms with van der Waals surface area (Å²) in [7, 11) is 1.73. The fourth-order valence-corrected chi connectivity index (χ4v) is 3.25. The molecule has 1 aromatic heterocycles. The predicted octanol–water partition coefficient (Wildman–Crippen LogP) is 2.42. The third-order valence-electron chi connectivity index (χ3n) is 4.45. The maximum absolute atomic E-state index is 6.04. The molecule has 0 bridgehead atoms. The number of nitrogens with one attached hydrogen (secondary N) is 1. The lowest BCUT2D eigenvalue weighted by molar-refractivity contribution is -0.0760. The highest BCUT2D eigenvalue weighted by molar-refractivity contribution is 6.30. The highest BCUT2D eigenvalue weighted by Gasteiger charge is 2.42. The van der Waals surface area contributed by atoms with E-state index in [2.05, 4.69) is 17.3 Å². The number of halogens is 1.